The second-order valence-corrected chi connectivity index (χ2v) is 9.53. The van der Waals surface area contributed by atoms with E-state index in [9.17, 15) is 18.0 Å². The summed E-state index contributed by atoms with van der Waals surface area (Å²) in [5.41, 5.74) is -0.761. The second kappa shape index (κ2) is 10.8. The fourth-order valence-electron chi connectivity index (χ4n) is 4.26. The summed E-state index contributed by atoms with van der Waals surface area (Å²) in [5, 5.41) is 1.90. The molecule has 0 radical (unpaired) electrons. The average molecular weight is 559 g/mol. The molecule has 4 rings (SSSR count). The molecule has 1 saturated carbocycles. The summed E-state index contributed by atoms with van der Waals surface area (Å²) in [5.74, 6) is -4.67. The molecule has 196 valence electrons. The molecule has 1 amide bonds. The van der Waals surface area contributed by atoms with Gasteiger partial charge in [-0.3, -0.25) is 4.79 Å². The van der Waals surface area contributed by atoms with Crippen molar-refractivity contribution in [1.29, 1.82) is 0 Å². The van der Waals surface area contributed by atoms with E-state index in [2.05, 4.69) is 10.3 Å². The summed E-state index contributed by atoms with van der Waals surface area (Å²) in [6.45, 7) is -1.09. The molecule has 1 heterocycles. The Morgan fingerprint density at radius 2 is 1.76 bits per heavy atom. The van der Waals surface area contributed by atoms with Crippen LogP contribution in [0.4, 0.5) is 22.0 Å². The highest BCUT2D eigenvalue weighted by atomic mass is 35.5. The highest BCUT2D eigenvalue weighted by molar-refractivity contribution is 6.31. The largest absolute Gasteiger partial charge is 0.455 e. The minimum absolute atomic E-state index is 0.0934. The first-order valence-electron chi connectivity index (χ1n) is 11.4. The molecule has 1 aliphatic rings. The van der Waals surface area contributed by atoms with Gasteiger partial charge in [-0.2, -0.15) is 22.0 Å². The van der Waals surface area contributed by atoms with Gasteiger partial charge in [0.15, 0.2) is 5.75 Å². The number of amides is 1. The number of halogens is 7. The SMILES string of the molecule is O=C(NCC(F)(F)c1ccc(C2CCCC2)cc1Cl)c1cc(Cl)ncc1Oc1cccc(C(F)(F)F)c1. The molecule has 4 nitrogen and oxygen atoms in total. The van der Waals surface area contributed by atoms with Crippen LogP contribution in [0.1, 0.15) is 58.6 Å². The van der Waals surface area contributed by atoms with E-state index in [1.807, 2.05) is 0 Å². The van der Waals surface area contributed by atoms with Crippen molar-refractivity contribution < 1.29 is 31.5 Å². The Bertz CT molecular complexity index is 1290. The Hall–Kier alpha value is -2.91. The maximum Gasteiger partial charge on any atom is 0.416 e. The zero-order chi connectivity index (χ0) is 26.8. The van der Waals surface area contributed by atoms with Crippen molar-refractivity contribution in [1.82, 2.24) is 10.3 Å². The predicted molar refractivity (Wildman–Crippen MR) is 130 cm³/mol. The van der Waals surface area contributed by atoms with Gasteiger partial charge >= 0.3 is 6.18 Å². The monoisotopic (exact) mass is 558 g/mol. The Morgan fingerprint density at radius 1 is 1.03 bits per heavy atom. The van der Waals surface area contributed by atoms with Crippen LogP contribution in [-0.4, -0.2) is 17.4 Å². The number of aromatic nitrogens is 1. The molecule has 1 fully saturated rings. The third-order valence-electron chi connectivity index (χ3n) is 6.15. The van der Waals surface area contributed by atoms with E-state index in [-0.39, 0.29) is 27.2 Å². The van der Waals surface area contributed by atoms with E-state index in [1.54, 1.807) is 12.1 Å². The molecule has 0 aliphatic heterocycles. The number of nitrogens with zero attached hydrogens (tertiary/aromatic N) is 1. The Balaban J connectivity index is 1.50. The number of ether oxygens (including phenoxy) is 1. The molecule has 1 aromatic heterocycles. The molecule has 3 aromatic rings. The standard InChI is InChI=1S/C26H21Cl2F5N2O2/c27-21-10-16(15-4-1-2-5-15)8-9-20(21)25(29,30)14-35-24(36)19-12-23(28)34-13-22(19)37-18-7-3-6-17(11-18)26(31,32)33/h3,6-13,15H,1-2,4-5,14H2,(H,35,36). The van der Waals surface area contributed by atoms with Crippen LogP contribution in [0.5, 0.6) is 11.5 Å². The van der Waals surface area contributed by atoms with Gasteiger partial charge in [-0.15, -0.1) is 0 Å². The van der Waals surface area contributed by atoms with Crippen molar-refractivity contribution in [3.63, 3.8) is 0 Å². The summed E-state index contributed by atoms with van der Waals surface area (Å²) in [6.07, 6.45) is 0.562. The van der Waals surface area contributed by atoms with E-state index in [1.165, 1.54) is 12.1 Å². The van der Waals surface area contributed by atoms with Crippen molar-refractivity contribution in [3.8, 4) is 11.5 Å². The van der Waals surface area contributed by atoms with Gasteiger partial charge in [-0.05, 0) is 54.7 Å². The maximum atomic E-state index is 15.0. The summed E-state index contributed by atoms with van der Waals surface area (Å²) >= 11 is 12.1. The first kappa shape index (κ1) is 27.1. The number of carbonyl (C=O) groups is 1. The highest BCUT2D eigenvalue weighted by Gasteiger charge is 2.35. The molecular formula is C26H21Cl2F5N2O2. The predicted octanol–water partition coefficient (Wildman–Crippen LogP) is 8.38. The lowest BCUT2D eigenvalue weighted by molar-refractivity contribution is -0.137. The molecule has 0 spiro atoms. The molecule has 11 heteroatoms. The topological polar surface area (TPSA) is 51.2 Å². The van der Waals surface area contributed by atoms with Gasteiger partial charge in [0.25, 0.3) is 11.8 Å². The van der Waals surface area contributed by atoms with E-state index < -0.39 is 35.7 Å². The van der Waals surface area contributed by atoms with Gasteiger partial charge in [0, 0.05) is 5.56 Å². The van der Waals surface area contributed by atoms with Crippen molar-refractivity contribution in [2.45, 2.75) is 43.7 Å². The average Bonchev–Trinajstić information content (AvgIpc) is 3.38. The van der Waals surface area contributed by atoms with Crippen molar-refractivity contribution in [2.24, 2.45) is 0 Å². The molecule has 37 heavy (non-hydrogen) atoms. The normalized spacial score (nSPS) is 14.6. The van der Waals surface area contributed by atoms with Gasteiger partial charge in [0.1, 0.15) is 10.9 Å². The van der Waals surface area contributed by atoms with Crippen LogP contribution in [0, 0.1) is 0 Å². The number of hydrogen-bond acceptors (Lipinski definition) is 3. The molecule has 1 aliphatic carbocycles. The fraction of sp³-hybridized carbons (Fsp3) is 0.308. The third kappa shape index (κ3) is 6.51. The van der Waals surface area contributed by atoms with Gasteiger partial charge in [0.05, 0.1) is 28.9 Å². The quantitative estimate of drug-likeness (QED) is 0.234. The number of carbonyl (C=O) groups excluding carboxylic acids is 1. The minimum Gasteiger partial charge on any atom is -0.455 e. The molecular weight excluding hydrogens is 538 g/mol. The fourth-order valence-corrected chi connectivity index (χ4v) is 4.75. The van der Waals surface area contributed by atoms with Crippen LogP contribution in [0.3, 0.4) is 0 Å². The van der Waals surface area contributed by atoms with E-state index in [4.69, 9.17) is 27.9 Å². The Kier molecular flexibility index (Phi) is 7.94. The van der Waals surface area contributed by atoms with Crippen LogP contribution < -0.4 is 10.1 Å². The first-order chi connectivity index (χ1) is 17.4. The van der Waals surface area contributed by atoms with Crippen molar-refractivity contribution in [3.05, 3.63) is 87.2 Å². The highest BCUT2D eigenvalue weighted by Crippen LogP contribution is 2.39. The van der Waals surface area contributed by atoms with Crippen LogP contribution in [0.15, 0.2) is 54.7 Å². The number of rotatable bonds is 7. The first-order valence-corrected chi connectivity index (χ1v) is 12.2. The number of pyridine rings is 1. The van der Waals surface area contributed by atoms with Gasteiger partial charge < -0.3 is 10.1 Å². The summed E-state index contributed by atoms with van der Waals surface area (Å²) < 4.78 is 74.5. The number of nitrogens with one attached hydrogen (secondary N) is 1. The van der Waals surface area contributed by atoms with Gasteiger partial charge in [0.2, 0.25) is 0 Å². The molecule has 0 bridgehead atoms. The molecule has 1 N–H and O–H groups in total. The lowest BCUT2D eigenvalue weighted by Gasteiger charge is -2.21. The van der Waals surface area contributed by atoms with Crippen LogP contribution in [-0.2, 0) is 12.1 Å². The number of alkyl halides is 5. The number of hydrogen-bond donors (Lipinski definition) is 1. The smallest absolute Gasteiger partial charge is 0.416 e. The number of benzene rings is 2. The zero-order valence-corrected chi connectivity index (χ0v) is 20.7. The maximum absolute atomic E-state index is 15.0. The second-order valence-electron chi connectivity index (χ2n) is 8.74. The molecule has 2 aromatic carbocycles. The summed E-state index contributed by atoms with van der Waals surface area (Å²) in [4.78, 5) is 16.6. The third-order valence-corrected chi connectivity index (χ3v) is 6.67. The zero-order valence-electron chi connectivity index (χ0n) is 19.2. The van der Waals surface area contributed by atoms with E-state index >= 15 is 8.78 Å². The molecule has 0 atom stereocenters. The van der Waals surface area contributed by atoms with Crippen LogP contribution in [0.2, 0.25) is 10.2 Å². The van der Waals surface area contributed by atoms with E-state index in [0.29, 0.717) is 5.92 Å². The summed E-state index contributed by atoms with van der Waals surface area (Å²) in [7, 11) is 0. The summed E-state index contributed by atoms with van der Waals surface area (Å²) in [6, 6.07) is 9.49. The molecule has 0 unspecified atom stereocenters. The van der Waals surface area contributed by atoms with Crippen molar-refractivity contribution in [2.75, 3.05) is 6.54 Å². The lowest BCUT2D eigenvalue weighted by atomic mass is 9.95. The van der Waals surface area contributed by atoms with Gasteiger partial charge in [-0.25, -0.2) is 4.98 Å². The lowest BCUT2D eigenvalue weighted by Crippen LogP contribution is -2.35. The Labute approximate surface area is 219 Å². The Morgan fingerprint density at radius 3 is 2.43 bits per heavy atom. The van der Waals surface area contributed by atoms with Crippen molar-refractivity contribution >= 4 is 29.1 Å². The molecule has 0 saturated heterocycles. The van der Waals surface area contributed by atoms with E-state index in [0.717, 1.165) is 61.7 Å². The van der Waals surface area contributed by atoms with Crippen LogP contribution in [0.25, 0.3) is 0 Å². The van der Waals surface area contributed by atoms with Gasteiger partial charge in [-0.1, -0.05) is 54.2 Å². The van der Waals surface area contributed by atoms with Crippen LogP contribution >= 0.6 is 23.2 Å². The minimum atomic E-state index is -4.61.